The Morgan fingerprint density at radius 2 is 2.04 bits per heavy atom. The van der Waals surface area contributed by atoms with E-state index in [1.54, 1.807) is 17.9 Å². The van der Waals surface area contributed by atoms with Crippen molar-refractivity contribution < 1.29 is 9.59 Å². The number of aromatic amines is 1. The average Bonchev–Trinajstić information content (AvgIpc) is 2.60. The van der Waals surface area contributed by atoms with Crippen molar-refractivity contribution in [2.75, 3.05) is 11.4 Å². The summed E-state index contributed by atoms with van der Waals surface area (Å²) in [6, 6.07) is 10.8. The summed E-state index contributed by atoms with van der Waals surface area (Å²) in [5.41, 5.74) is 2.14. The van der Waals surface area contributed by atoms with Gasteiger partial charge in [0.25, 0.3) is 11.5 Å². The molecule has 1 aromatic heterocycles. The first-order valence-corrected chi connectivity index (χ1v) is 8.42. The second-order valence-corrected chi connectivity index (χ2v) is 6.24. The van der Waals surface area contributed by atoms with Crippen molar-refractivity contribution in [3.8, 4) is 0 Å². The smallest absolute Gasteiger partial charge is 0.260 e. The number of nitrogens with zero attached hydrogens (tertiary/aromatic N) is 1. The molecular formula is C19H21N3O3. The van der Waals surface area contributed by atoms with Crippen LogP contribution in [0.3, 0.4) is 0 Å². The number of anilines is 1. The molecule has 6 nitrogen and oxygen atoms in total. The fourth-order valence-electron chi connectivity index (χ4n) is 2.94. The third-order valence-electron chi connectivity index (χ3n) is 4.30. The molecule has 0 aliphatic carbocycles. The zero-order valence-corrected chi connectivity index (χ0v) is 14.2. The summed E-state index contributed by atoms with van der Waals surface area (Å²) >= 11 is 0. The van der Waals surface area contributed by atoms with Crippen LogP contribution in [0.2, 0.25) is 0 Å². The van der Waals surface area contributed by atoms with E-state index in [1.807, 2.05) is 24.3 Å². The molecule has 2 heterocycles. The maximum atomic E-state index is 12.2. The normalized spacial score (nSPS) is 14.4. The van der Waals surface area contributed by atoms with E-state index in [9.17, 15) is 14.4 Å². The Hall–Kier alpha value is -2.89. The van der Waals surface area contributed by atoms with Crippen LogP contribution in [0.4, 0.5) is 5.69 Å². The molecule has 0 bridgehead atoms. The number of nitrogens with one attached hydrogen (secondary N) is 2. The van der Waals surface area contributed by atoms with Gasteiger partial charge >= 0.3 is 0 Å². The van der Waals surface area contributed by atoms with E-state index in [-0.39, 0.29) is 11.5 Å². The Morgan fingerprint density at radius 3 is 2.80 bits per heavy atom. The molecule has 1 aromatic carbocycles. The van der Waals surface area contributed by atoms with Crippen LogP contribution in [0.25, 0.3) is 0 Å². The van der Waals surface area contributed by atoms with E-state index in [1.165, 1.54) is 6.07 Å². The number of piperidine rings is 1. The number of pyridine rings is 1. The Balaban J connectivity index is 1.69. The van der Waals surface area contributed by atoms with Crippen molar-refractivity contribution in [3.63, 3.8) is 0 Å². The number of amides is 2. The van der Waals surface area contributed by atoms with Crippen molar-refractivity contribution in [1.82, 2.24) is 10.3 Å². The minimum absolute atomic E-state index is 0.0907. The second kappa shape index (κ2) is 7.34. The molecule has 2 aromatic rings. The molecule has 25 heavy (non-hydrogen) atoms. The molecule has 1 fully saturated rings. The molecule has 3 rings (SSSR count). The highest BCUT2D eigenvalue weighted by atomic mass is 16.2. The first kappa shape index (κ1) is 17.0. The van der Waals surface area contributed by atoms with Gasteiger partial charge in [0, 0.05) is 30.9 Å². The zero-order chi connectivity index (χ0) is 17.8. The second-order valence-electron chi connectivity index (χ2n) is 6.24. The SMILES string of the molecule is Cc1ccc(C(=O)NCc2cccc(N3CCCCC3=O)c2)c(=O)[nH]1. The fourth-order valence-corrected chi connectivity index (χ4v) is 2.94. The van der Waals surface area contributed by atoms with Crippen molar-refractivity contribution in [1.29, 1.82) is 0 Å². The number of rotatable bonds is 4. The van der Waals surface area contributed by atoms with Gasteiger partial charge in [-0.1, -0.05) is 12.1 Å². The molecule has 6 heteroatoms. The minimum Gasteiger partial charge on any atom is -0.348 e. The van der Waals surface area contributed by atoms with E-state index in [0.29, 0.717) is 18.7 Å². The van der Waals surface area contributed by atoms with Gasteiger partial charge in [-0.3, -0.25) is 14.4 Å². The lowest BCUT2D eigenvalue weighted by Crippen LogP contribution is -2.35. The van der Waals surface area contributed by atoms with Crippen molar-refractivity contribution >= 4 is 17.5 Å². The van der Waals surface area contributed by atoms with Crippen LogP contribution in [0, 0.1) is 6.92 Å². The molecular weight excluding hydrogens is 318 g/mol. The predicted octanol–water partition coefficient (Wildman–Crippen LogP) is 2.13. The summed E-state index contributed by atoms with van der Waals surface area (Å²) in [4.78, 5) is 40.5. The number of aromatic nitrogens is 1. The molecule has 0 saturated carbocycles. The molecule has 0 radical (unpaired) electrons. The average molecular weight is 339 g/mol. The maximum Gasteiger partial charge on any atom is 0.260 e. The van der Waals surface area contributed by atoms with Crippen LogP contribution in [-0.2, 0) is 11.3 Å². The summed E-state index contributed by atoms with van der Waals surface area (Å²) in [6.07, 6.45) is 2.52. The number of hydrogen-bond acceptors (Lipinski definition) is 3. The van der Waals surface area contributed by atoms with Crippen LogP contribution >= 0.6 is 0 Å². The zero-order valence-electron chi connectivity index (χ0n) is 14.2. The van der Waals surface area contributed by atoms with Crippen LogP contribution in [0.15, 0.2) is 41.2 Å². The molecule has 130 valence electrons. The summed E-state index contributed by atoms with van der Waals surface area (Å²) in [5, 5.41) is 2.75. The molecule has 2 amide bonds. The van der Waals surface area contributed by atoms with E-state index < -0.39 is 11.5 Å². The Morgan fingerprint density at radius 1 is 1.20 bits per heavy atom. The van der Waals surface area contributed by atoms with Gasteiger partial charge < -0.3 is 15.2 Å². The van der Waals surface area contributed by atoms with Gasteiger partial charge in [0.2, 0.25) is 5.91 Å². The summed E-state index contributed by atoms with van der Waals surface area (Å²) in [6.45, 7) is 2.78. The van der Waals surface area contributed by atoms with Gasteiger partial charge in [0.1, 0.15) is 5.56 Å². The lowest BCUT2D eigenvalue weighted by atomic mass is 10.1. The van der Waals surface area contributed by atoms with Gasteiger partial charge in [-0.25, -0.2) is 0 Å². The third-order valence-corrected chi connectivity index (χ3v) is 4.30. The van der Waals surface area contributed by atoms with Crippen molar-refractivity contribution in [3.05, 3.63) is 63.6 Å². The molecule has 0 unspecified atom stereocenters. The fraction of sp³-hybridized carbons (Fsp3) is 0.316. The number of aryl methyl sites for hydroxylation is 1. The summed E-state index contributed by atoms with van der Waals surface area (Å²) < 4.78 is 0. The Kier molecular flexibility index (Phi) is 4.97. The van der Waals surface area contributed by atoms with Gasteiger partial charge in [0.05, 0.1) is 0 Å². The molecule has 1 aliphatic rings. The number of benzene rings is 1. The number of carbonyl (C=O) groups is 2. The van der Waals surface area contributed by atoms with Gasteiger partial charge in [0.15, 0.2) is 0 Å². The first-order chi connectivity index (χ1) is 12.0. The first-order valence-electron chi connectivity index (χ1n) is 8.42. The van der Waals surface area contributed by atoms with Crippen molar-refractivity contribution in [2.45, 2.75) is 32.7 Å². The highest BCUT2D eigenvalue weighted by Crippen LogP contribution is 2.21. The predicted molar refractivity (Wildman–Crippen MR) is 95.6 cm³/mol. The molecule has 0 spiro atoms. The molecule has 1 saturated heterocycles. The lowest BCUT2D eigenvalue weighted by Gasteiger charge is -2.27. The maximum absolute atomic E-state index is 12.2. The topological polar surface area (TPSA) is 82.3 Å². The summed E-state index contributed by atoms with van der Waals surface area (Å²) in [5.74, 6) is -0.278. The van der Waals surface area contributed by atoms with Gasteiger partial charge in [-0.15, -0.1) is 0 Å². The van der Waals surface area contributed by atoms with E-state index in [0.717, 1.165) is 30.6 Å². The minimum atomic E-state index is -0.416. The Labute approximate surface area is 145 Å². The number of H-pyrrole nitrogens is 1. The molecule has 0 atom stereocenters. The van der Waals surface area contributed by atoms with E-state index in [2.05, 4.69) is 10.3 Å². The van der Waals surface area contributed by atoms with E-state index in [4.69, 9.17) is 0 Å². The van der Waals surface area contributed by atoms with Gasteiger partial charge in [-0.2, -0.15) is 0 Å². The van der Waals surface area contributed by atoms with Crippen molar-refractivity contribution in [2.24, 2.45) is 0 Å². The molecule has 1 aliphatic heterocycles. The highest BCUT2D eigenvalue weighted by Gasteiger charge is 2.19. The third kappa shape index (κ3) is 3.96. The number of carbonyl (C=O) groups excluding carboxylic acids is 2. The quantitative estimate of drug-likeness (QED) is 0.895. The standard InChI is InChI=1S/C19H21N3O3/c1-13-8-9-16(19(25)21-13)18(24)20-12-14-5-4-6-15(11-14)22-10-3-2-7-17(22)23/h4-6,8-9,11H,2-3,7,10,12H2,1H3,(H,20,24)(H,21,25). The Bertz CT molecular complexity index is 857. The molecule has 2 N–H and O–H groups in total. The van der Waals surface area contributed by atoms with Crippen LogP contribution in [0.1, 0.15) is 40.9 Å². The highest BCUT2D eigenvalue weighted by molar-refractivity contribution is 5.94. The van der Waals surface area contributed by atoms with Crippen LogP contribution in [-0.4, -0.2) is 23.3 Å². The number of hydrogen-bond donors (Lipinski definition) is 2. The van der Waals surface area contributed by atoms with E-state index >= 15 is 0 Å². The summed E-state index contributed by atoms with van der Waals surface area (Å²) in [7, 11) is 0. The monoisotopic (exact) mass is 339 g/mol. The van der Waals surface area contributed by atoms with Crippen LogP contribution in [0.5, 0.6) is 0 Å². The van der Waals surface area contributed by atoms with Gasteiger partial charge in [-0.05, 0) is 49.6 Å². The lowest BCUT2D eigenvalue weighted by molar-refractivity contribution is -0.119. The largest absolute Gasteiger partial charge is 0.348 e. The van der Waals surface area contributed by atoms with Crippen LogP contribution < -0.4 is 15.8 Å².